The van der Waals surface area contributed by atoms with Crippen LogP contribution in [0.2, 0.25) is 0 Å². The van der Waals surface area contributed by atoms with Gasteiger partial charge in [0.1, 0.15) is 18.1 Å². The van der Waals surface area contributed by atoms with Crippen molar-refractivity contribution in [2.24, 2.45) is 0 Å². The molecule has 128 valence electrons. The fraction of sp³-hybridized carbons (Fsp3) is 0.0476. The van der Waals surface area contributed by atoms with Gasteiger partial charge in [-0.3, -0.25) is 0 Å². The Morgan fingerprint density at radius 3 is 2.54 bits per heavy atom. The molecule has 0 radical (unpaired) electrons. The minimum Gasteiger partial charge on any atom is -0.455 e. The number of aromatic nitrogens is 1. The van der Waals surface area contributed by atoms with Gasteiger partial charge in [0.05, 0.1) is 5.56 Å². The number of hydrogen-bond donors (Lipinski definition) is 0. The number of carbonyl (C=O) groups is 1. The fourth-order valence-corrected chi connectivity index (χ4v) is 2.67. The fourth-order valence-electron chi connectivity index (χ4n) is 2.67. The van der Waals surface area contributed by atoms with Crippen LogP contribution in [0.15, 0.2) is 77.3 Å². The van der Waals surface area contributed by atoms with Crippen LogP contribution in [0.4, 0.5) is 4.39 Å². The lowest BCUT2D eigenvalue weighted by Gasteiger charge is -2.04. The van der Waals surface area contributed by atoms with Gasteiger partial charge in [-0.05, 0) is 47.2 Å². The Hall–Kier alpha value is -3.47. The van der Waals surface area contributed by atoms with Crippen molar-refractivity contribution in [2.45, 2.75) is 6.61 Å². The quantitative estimate of drug-likeness (QED) is 0.488. The molecule has 4 nitrogen and oxygen atoms in total. The van der Waals surface area contributed by atoms with E-state index in [2.05, 4.69) is 5.16 Å². The number of fused-ring (bicyclic) bond motifs is 1. The molecule has 0 aliphatic carbocycles. The molecule has 4 aromatic rings. The first-order chi connectivity index (χ1) is 12.7. The summed E-state index contributed by atoms with van der Waals surface area (Å²) in [5.74, 6) is -0.262. The third kappa shape index (κ3) is 3.32. The standard InChI is InChI=1S/C21H14FNO3/c22-18-9-7-15(8-10-18)20-12-19(23-26-20)13-25-21(24)17-6-5-14-3-1-2-4-16(14)11-17/h1-12H,13H2. The Morgan fingerprint density at radius 1 is 0.962 bits per heavy atom. The molecule has 0 saturated carbocycles. The Bertz CT molecular complexity index is 1070. The van der Waals surface area contributed by atoms with E-state index in [0.29, 0.717) is 22.6 Å². The van der Waals surface area contributed by atoms with Gasteiger partial charge >= 0.3 is 5.97 Å². The van der Waals surface area contributed by atoms with Gasteiger partial charge in [0, 0.05) is 11.6 Å². The van der Waals surface area contributed by atoms with Gasteiger partial charge in [0.25, 0.3) is 0 Å². The Kier molecular flexibility index (Phi) is 4.19. The van der Waals surface area contributed by atoms with Gasteiger partial charge in [-0.2, -0.15) is 0 Å². The zero-order chi connectivity index (χ0) is 17.9. The molecule has 5 heteroatoms. The summed E-state index contributed by atoms with van der Waals surface area (Å²) < 4.78 is 23.5. The van der Waals surface area contributed by atoms with Crippen LogP contribution in [0.1, 0.15) is 16.1 Å². The topological polar surface area (TPSA) is 52.3 Å². The summed E-state index contributed by atoms with van der Waals surface area (Å²) in [4.78, 5) is 12.3. The first-order valence-electron chi connectivity index (χ1n) is 8.06. The van der Waals surface area contributed by atoms with Crippen LogP contribution in [-0.4, -0.2) is 11.1 Å². The van der Waals surface area contributed by atoms with Gasteiger partial charge in [-0.25, -0.2) is 9.18 Å². The normalized spacial score (nSPS) is 10.8. The Morgan fingerprint density at radius 2 is 1.73 bits per heavy atom. The predicted octanol–water partition coefficient (Wildman–Crippen LogP) is 4.99. The van der Waals surface area contributed by atoms with E-state index in [9.17, 15) is 9.18 Å². The lowest BCUT2D eigenvalue weighted by atomic mass is 10.1. The van der Waals surface area contributed by atoms with Crippen LogP contribution >= 0.6 is 0 Å². The highest BCUT2D eigenvalue weighted by Gasteiger charge is 2.11. The van der Waals surface area contributed by atoms with Crippen LogP contribution in [0.25, 0.3) is 22.1 Å². The summed E-state index contributed by atoms with van der Waals surface area (Å²) in [5, 5.41) is 5.92. The van der Waals surface area contributed by atoms with E-state index in [4.69, 9.17) is 9.26 Å². The van der Waals surface area contributed by atoms with Gasteiger partial charge < -0.3 is 9.26 Å². The first kappa shape index (κ1) is 16.0. The van der Waals surface area contributed by atoms with Crippen molar-refractivity contribution in [3.63, 3.8) is 0 Å². The van der Waals surface area contributed by atoms with Crippen LogP contribution < -0.4 is 0 Å². The van der Waals surface area contributed by atoms with Crippen molar-refractivity contribution in [3.05, 3.63) is 89.9 Å². The van der Waals surface area contributed by atoms with Crippen LogP contribution in [0.3, 0.4) is 0 Å². The summed E-state index contributed by atoms with van der Waals surface area (Å²) >= 11 is 0. The summed E-state index contributed by atoms with van der Waals surface area (Å²) in [5.41, 5.74) is 1.66. The molecule has 0 fully saturated rings. The third-order valence-electron chi connectivity index (χ3n) is 4.02. The molecule has 4 rings (SSSR count). The lowest BCUT2D eigenvalue weighted by molar-refractivity contribution is 0.0464. The highest BCUT2D eigenvalue weighted by molar-refractivity contribution is 5.95. The van der Waals surface area contributed by atoms with Gasteiger partial charge in [0.2, 0.25) is 0 Å². The largest absolute Gasteiger partial charge is 0.455 e. The summed E-state index contributed by atoms with van der Waals surface area (Å²) in [7, 11) is 0. The molecule has 0 aliphatic rings. The van der Waals surface area contributed by atoms with Crippen molar-refractivity contribution in [3.8, 4) is 11.3 Å². The molecule has 0 atom stereocenters. The van der Waals surface area contributed by atoms with Gasteiger partial charge in [-0.1, -0.05) is 35.5 Å². The predicted molar refractivity (Wildman–Crippen MR) is 95.0 cm³/mol. The number of ether oxygens (including phenoxy) is 1. The molecular formula is C21H14FNO3. The molecule has 0 spiro atoms. The van der Waals surface area contributed by atoms with Crippen LogP contribution in [-0.2, 0) is 11.3 Å². The van der Waals surface area contributed by atoms with E-state index < -0.39 is 5.97 Å². The maximum Gasteiger partial charge on any atom is 0.338 e. The molecule has 1 heterocycles. The van der Waals surface area contributed by atoms with E-state index >= 15 is 0 Å². The van der Waals surface area contributed by atoms with Crippen molar-refractivity contribution in [2.75, 3.05) is 0 Å². The molecule has 0 N–H and O–H groups in total. The summed E-state index contributed by atoms with van der Waals surface area (Å²) in [6.07, 6.45) is 0. The second kappa shape index (κ2) is 6.80. The maximum absolute atomic E-state index is 13.0. The number of rotatable bonds is 4. The molecule has 0 amide bonds. The summed E-state index contributed by atoms with van der Waals surface area (Å²) in [6.45, 7) is -0.00362. The minimum absolute atomic E-state index is 0.00362. The first-order valence-corrected chi connectivity index (χ1v) is 8.06. The molecule has 0 aliphatic heterocycles. The van der Waals surface area contributed by atoms with E-state index in [1.165, 1.54) is 12.1 Å². The van der Waals surface area contributed by atoms with E-state index in [0.717, 1.165) is 10.8 Å². The number of halogens is 1. The maximum atomic E-state index is 13.0. The van der Waals surface area contributed by atoms with Gasteiger partial charge in [0.15, 0.2) is 5.76 Å². The average molecular weight is 347 g/mol. The van der Waals surface area contributed by atoms with Crippen molar-refractivity contribution in [1.29, 1.82) is 0 Å². The average Bonchev–Trinajstić information content (AvgIpc) is 3.15. The number of carbonyl (C=O) groups excluding carboxylic acids is 1. The lowest BCUT2D eigenvalue weighted by Crippen LogP contribution is -2.05. The molecule has 1 aromatic heterocycles. The SMILES string of the molecule is O=C(OCc1cc(-c2ccc(F)cc2)on1)c1ccc2ccccc2c1. The van der Waals surface area contributed by atoms with Crippen molar-refractivity contribution >= 4 is 16.7 Å². The highest BCUT2D eigenvalue weighted by Crippen LogP contribution is 2.21. The molecule has 0 unspecified atom stereocenters. The number of hydrogen-bond acceptors (Lipinski definition) is 4. The smallest absolute Gasteiger partial charge is 0.338 e. The van der Waals surface area contributed by atoms with Gasteiger partial charge in [-0.15, -0.1) is 0 Å². The highest BCUT2D eigenvalue weighted by atomic mass is 19.1. The zero-order valence-electron chi connectivity index (χ0n) is 13.7. The molecule has 0 bridgehead atoms. The second-order valence-corrected chi connectivity index (χ2v) is 5.83. The summed E-state index contributed by atoms with van der Waals surface area (Å²) in [6, 6.07) is 20.8. The second-order valence-electron chi connectivity index (χ2n) is 5.83. The zero-order valence-corrected chi connectivity index (χ0v) is 13.7. The van der Waals surface area contributed by atoms with E-state index in [1.807, 2.05) is 30.3 Å². The molecular weight excluding hydrogens is 333 g/mol. The Labute approximate surface area is 148 Å². The van der Waals surface area contributed by atoms with E-state index in [1.54, 1.807) is 30.3 Å². The van der Waals surface area contributed by atoms with Crippen molar-refractivity contribution in [1.82, 2.24) is 5.16 Å². The number of nitrogens with zero attached hydrogens (tertiary/aromatic N) is 1. The van der Waals surface area contributed by atoms with Crippen molar-refractivity contribution < 1.29 is 18.4 Å². The minimum atomic E-state index is -0.429. The van der Waals surface area contributed by atoms with E-state index in [-0.39, 0.29) is 12.4 Å². The number of esters is 1. The Balaban J connectivity index is 1.45. The molecule has 26 heavy (non-hydrogen) atoms. The third-order valence-corrected chi connectivity index (χ3v) is 4.02. The van der Waals surface area contributed by atoms with Crippen LogP contribution in [0.5, 0.6) is 0 Å². The molecule has 0 saturated heterocycles. The monoisotopic (exact) mass is 347 g/mol. The number of benzene rings is 3. The molecule has 3 aromatic carbocycles. The van der Waals surface area contributed by atoms with Crippen LogP contribution in [0, 0.1) is 5.82 Å².